The van der Waals surface area contributed by atoms with Gasteiger partial charge in [-0.15, -0.1) is 0 Å². The maximum atomic E-state index is 12.1. The molecule has 2 unspecified atom stereocenters. The Morgan fingerprint density at radius 1 is 1.02 bits per heavy atom. The number of phosphoric ester groups is 1. The van der Waals surface area contributed by atoms with Crippen molar-refractivity contribution in [2.45, 2.75) is 37.0 Å². The molecule has 3 heterocycles. The second-order valence-corrected chi connectivity index (χ2v) is 13.4. The number of rotatable bonds is 12. The highest BCUT2D eigenvalue weighted by Crippen LogP contribution is 2.66. The van der Waals surface area contributed by atoms with Crippen LogP contribution in [0.15, 0.2) is 30.6 Å². The van der Waals surface area contributed by atoms with Crippen LogP contribution in [0.25, 0.3) is 22.6 Å². The van der Waals surface area contributed by atoms with E-state index in [9.17, 15) is 38.5 Å². The Morgan fingerprint density at radius 2 is 1.67 bits per heavy atom. The number of nitrogen functional groups attached to an aromatic ring is 1. The molecule has 1 aliphatic heterocycles. The normalized spacial score (nSPS) is 24.4. The summed E-state index contributed by atoms with van der Waals surface area (Å²) >= 11 is 0. The Bertz CT molecular complexity index is 1650. The first-order valence-corrected chi connectivity index (χ1v) is 16.3. The number of imidazole rings is 1. The van der Waals surface area contributed by atoms with Gasteiger partial charge in [0.25, 0.3) is 0 Å². The van der Waals surface area contributed by atoms with Crippen molar-refractivity contribution in [3.8, 4) is 11.4 Å². The molecule has 0 spiro atoms. The van der Waals surface area contributed by atoms with Crippen LogP contribution in [-0.2, 0) is 42.8 Å². The number of nitrogens with two attached hydrogens (primary N) is 2. The first-order chi connectivity index (χ1) is 19.9. The topological polar surface area (TPSA) is 342 Å². The maximum absolute atomic E-state index is 12.1. The molecule has 0 amide bonds. The lowest BCUT2D eigenvalue weighted by Gasteiger charge is -2.20. The molecular weight excluding hydrogens is 645 g/mol. The van der Waals surface area contributed by atoms with Crippen LogP contribution in [0.2, 0.25) is 0 Å². The van der Waals surface area contributed by atoms with Crippen molar-refractivity contribution in [2.75, 3.05) is 12.3 Å². The third-order valence-electron chi connectivity index (χ3n) is 5.90. The van der Waals surface area contributed by atoms with Crippen LogP contribution in [0, 0.1) is 0 Å². The predicted molar refractivity (Wildman–Crippen MR) is 140 cm³/mol. The van der Waals surface area contributed by atoms with Crippen molar-refractivity contribution in [3.63, 3.8) is 0 Å². The van der Waals surface area contributed by atoms with E-state index >= 15 is 0 Å². The van der Waals surface area contributed by atoms with Crippen molar-refractivity contribution in [3.05, 3.63) is 36.2 Å². The monoisotopic (exact) mass is 670 g/mol. The lowest BCUT2D eigenvalue weighted by Crippen LogP contribution is -2.33. The average Bonchev–Trinajstić information content (AvgIpc) is 3.39. The van der Waals surface area contributed by atoms with Crippen LogP contribution in [0.5, 0.6) is 0 Å². The van der Waals surface area contributed by atoms with E-state index in [1.54, 1.807) is 24.3 Å². The van der Waals surface area contributed by atoms with Gasteiger partial charge in [0, 0.05) is 5.56 Å². The number of aliphatic hydroxyl groups excluding tert-OH is 2. The van der Waals surface area contributed by atoms with Crippen molar-refractivity contribution < 1.29 is 71.3 Å². The summed E-state index contributed by atoms with van der Waals surface area (Å²) in [5, 5.41) is 30.5. The summed E-state index contributed by atoms with van der Waals surface area (Å²) in [6, 6.07) is 5.16. The van der Waals surface area contributed by atoms with E-state index in [-0.39, 0.29) is 29.2 Å². The van der Waals surface area contributed by atoms with Crippen molar-refractivity contribution in [2.24, 2.45) is 5.73 Å². The second-order valence-electron chi connectivity index (χ2n) is 9.02. The first kappa shape index (κ1) is 33.2. The Kier molecular flexibility index (Phi) is 9.53. The quantitative estimate of drug-likeness (QED) is 0.104. The number of hydrogen-bond acceptors (Lipinski definition) is 15. The predicted octanol–water partition coefficient (Wildman–Crippen LogP) is -1.01. The summed E-state index contributed by atoms with van der Waals surface area (Å²) in [5.74, 6) is -1.14. The zero-order chi connectivity index (χ0) is 31.9. The highest BCUT2D eigenvalue weighted by Gasteiger charge is 2.47. The third-order valence-corrected chi connectivity index (χ3v) is 9.70. The Hall–Kier alpha value is -2.71. The van der Waals surface area contributed by atoms with Crippen LogP contribution >= 0.6 is 23.5 Å². The van der Waals surface area contributed by atoms with Crippen LogP contribution in [-0.4, -0.2) is 91.3 Å². The molecular formula is C19H25N6O15P3. The first-order valence-electron chi connectivity index (χ1n) is 11.7. The third kappa shape index (κ3) is 7.88. The highest BCUT2D eigenvalue weighted by atomic mass is 31.3. The fraction of sp³-hybridized carbons (Fsp3) is 0.368. The summed E-state index contributed by atoms with van der Waals surface area (Å²) < 4.78 is 53.2. The molecule has 236 valence electrons. The molecule has 1 fully saturated rings. The summed E-state index contributed by atoms with van der Waals surface area (Å²) in [4.78, 5) is 59.8. The van der Waals surface area contributed by atoms with Gasteiger partial charge < -0.3 is 51.1 Å². The fourth-order valence-electron chi connectivity index (χ4n) is 4.05. The number of hydrogen-bond donors (Lipinski definition) is 9. The standard InChI is InChI=1S/C19H25N6O15P3/c20-10(19(28)29)5-8-1-3-9(4-2-8)16-24-12-15(21)22-7-23-17(12)25(16)18-14(27)13(26)11(38-18)6-37-42(33,34)40-43(35,36)39-41(30,31)32/h1-4,7,10-11,13-14,18,26-27H,5-6,20H2,(H,28,29)(H,33,34)(H,35,36)(H2,21,22,23)(H2,30,31,32)/t10-,11+,13+,14+,18+/m0/s1. The zero-order valence-electron chi connectivity index (χ0n) is 21.4. The van der Waals surface area contributed by atoms with E-state index in [2.05, 4.69) is 28.1 Å². The van der Waals surface area contributed by atoms with Crippen molar-refractivity contribution >= 4 is 46.4 Å². The van der Waals surface area contributed by atoms with E-state index < -0.39 is 66.6 Å². The Morgan fingerprint density at radius 3 is 2.28 bits per heavy atom. The molecule has 0 saturated carbocycles. The molecule has 4 rings (SSSR count). The van der Waals surface area contributed by atoms with E-state index in [0.29, 0.717) is 11.1 Å². The number of nitrogens with zero attached hydrogens (tertiary/aromatic N) is 4. The number of benzene rings is 1. The van der Waals surface area contributed by atoms with Gasteiger partial charge in [0.1, 0.15) is 36.5 Å². The Labute approximate surface area is 240 Å². The van der Waals surface area contributed by atoms with Crippen molar-refractivity contribution in [1.82, 2.24) is 19.5 Å². The number of aromatic nitrogens is 4. The van der Waals surface area contributed by atoms with Crippen LogP contribution in [0.3, 0.4) is 0 Å². The molecule has 0 bridgehead atoms. The van der Waals surface area contributed by atoms with Gasteiger partial charge >= 0.3 is 29.4 Å². The number of ether oxygens (including phenoxy) is 1. The fourth-order valence-corrected chi connectivity index (χ4v) is 7.08. The summed E-state index contributed by atoms with van der Waals surface area (Å²) in [6.45, 7) is -1.05. The number of fused-ring (bicyclic) bond motifs is 1. The molecule has 1 aromatic carbocycles. The van der Waals surface area contributed by atoms with E-state index in [4.69, 9.17) is 31.1 Å². The van der Waals surface area contributed by atoms with E-state index in [1.165, 1.54) is 4.57 Å². The second kappa shape index (κ2) is 12.4. The van der Waals surface area contributed by atoms with E-state index in [0.717, 1.165) is 6.33 Å². The van der Waals surface area contributed by atoms with Gasteiger partial charge in [0.2, 0.25) is 0 Å². The van der Waals surface area contributed by atoms with Gasteiger partial charge in [-0.1, -0.05) is 24.3 Å². The minimum Gasteiger partial charge on any atom is -0.480 e. The maximum Gasteiger partial charge on any atom is 0.490 e. The van der Waals surface area contributed by atoms with Gasteiger partial charge in [-0.05, 0) is 12.0 Å². The van der Waals surface area contributed by atoms with Gasteiger partial charge in [-0.3, -0.25) is 13.9 Å². The molecule has 1 saturated heterocycles. The summed E-state index contributed by atoms with van der Waals surface area (Å²) in [7, 11) is -17.0. The lowest BCUT2D eigenvalue weighted by atomic mass is 10.0. The minimum atomic E-state index is -5.79. The molecule has 3 aromatic rings. The molecule has 1 aliphatic rings. The molecule has 43 heavy (non-hydrogen) atoms. The number of aliphatic carboxylic acids is 1. The lowest BCUT2D eigenvalue weighted by molar-refractivity contribution is -0.138. The molecule has 0 radical (unpaired) electrons. The number of aliphatic hydroxyl groups is 2. The average molecular weight is 670 g/mol. The molecule has 11 N–H and O–H groups in total. The number of carboxylic acid groups (broad SMARTS) is 1. The minimum absolute atomic E-state index is 0.0262. The molecule has 21 nitrogen and oxygen atoms in total. The van der Waals surface area contributed by atoms with Gasteiger partial charge in [-0.25, -0.2) is 28.6 Å². The molecule has 7 atom stereocenters. The van der Waals surface area contributed by atoms with Crippen molar-refractivity contribution in [1.29, 1.82) is 0 Å². The highest BCUT2D eigenvalue weighted by molar-refractivity contribution is 7.66. The number of anilines is 1. The zero-order valence-corrected chi connectivity index (χ0v) is 24.1. The molecule has 2 aromatic heterocycles. The van der Waals surface area contributed by atoms with E-state index in [1.807, 2.05) is 0 Å². The van der Waals surface area contributed by atoms with Crippen LogP contribution in [0.1, 0.15) is 11.8 Å². The number of carboxylic acids is 1. The van der Waals surface area contributed by atoms with Gasteiger partial charge in [0.15, 0.2) is 23.2 Å². The van der Waals surface area contributed by atoms with Crippen LogP contribution < -0.4 is 11.5 Å². The smallest absolute Gasteiger partial charge is 0.480 e. The van der Waals surface area contributed by atoms with Crippen LogP contribution in [0.4, 0.5) is 5.82 Å². The largest absolute Gasteiger partial charge is 0.490 e. The molecule has 24 heteroatoms. The summed E-state index contributed by atoms with van der Waals surface area (Å²) in [6.07, 6.45) is -5.51. The molecule has 0 aliphatic carbocycles. The van der Waals surface area contributed by atoms with Gasteiger partial charge in [0.05, 0.1) is 6.61 Å². The SMILES string of the molecule is Nc1ncnc2c1nc(-c1ccc(C[C@H](N)C(=O)O)cc1)n2[C@@H]1O[C@H](COP(=O)(O)OP(=O)(O)OP(=O)(O)O)[C@@H](O)[C@H]1O. The number of phosphoric acid groups is 3. The summed E-state index contributed by atoms with van der Waals surface area (Å²) in [5.41, 5.74) is 12.6. The number of carbonyl (C=O) groups is 1. The Balaban J connectivity index is 1.60. The van der Waals surface area contributed by atoms with Gasteiger partial charge in [-0.2, -0.15) is 8.62 Å².